The number of aryl methyl sites for hydroxylation is 1. The lowest BCUT2D eigenvalue weighted by atomic mass is 10.1. The molecular weight excluding hydrogens is 560 g/mol. The van der Waals surface area contributed by atoms with E-state index in [1.54, 1.807) is 73.7 Å². The third kappa shape index (κ3) is 9.44. The van der Waals surface area contributed by atoms with Crippen molar-refractivity contribution in [2.45, 2.75) is 30.9 Å². The first-order chi connectivity index (χ1) is 20.7. The molecule has 0 aliphatic rings. The fourth-order valence-corrected chi connectivity index (χ4v) is 4.80. The van der Waals surface area contributed by atoms with Crippen molar-refractivity contribution in [1.82, 2.24) is 5.32 Å². The molecule has 0 spiro atoms. The van der Waals surface area contributed by atoms with E-state index < -0.39 is 17.1 Å². The minimum absolute atomic E-state index is 0.103. The largest absolute Gasteiger partial charge is 0.326 e. The molecule has 0 heterocycles. The standard InChI is InChI=1S/C34H32N4O4S/c1-22-9-11-25(12-10-22)21-31(38-33(41)26-7-5-4-6-8-26)34(42)37-29-17-19-30(20-18-29)43-23(2)32(40)36-28-15-13-27(14-16-28)35-24(3)39/h4-21,23H,1-3H3,(H,35,39)(H,36,40)(H,37,42)(H,38,41)/b31-21-. The first kappa shape index (κ1) is 30.8. The Morgan fingerprint density at radius 2 is 1.26 bits per heavy atom. The highest BCUT2D eigenvalue weighted by Crippen LogP contribution is 2.26. The molecule has 0 aliphatic heterocycles. The van der Waals surface area contributed by atoms with Gasteiger partial charge in [-0.25, -0.2) is 0 Å². The minimum Gasteiger partial charge on any atom is -0.326 e. The molecule has 4 aromatic rings. The Labute approximate surface area is 255 Å². The van der Waals surface area contributed by atoms with Gasteiger partial charge < -0.3 is 21.3 Å². The molecule has 4 aromatic carbocycles. The van der Waals surface area contributed by atoms with Crippen LogP contribution < -0.4 is 21.3 Å². The molecule has 4 amide bonds. The molecule has 4 N–H and O–H groups in total. The number of carbonyl (C=O) groups excluding carboxylic acids is 4. The van der Waals surface area contributed by atoms with Crippen LogP contribution >= 0.6 is 11.8 Å². The quantitative estimate of drug-likeness (QED) is 0.124. The first-order valence-corrected chi connectivity index (χ1v) is 14.5. The maximum atomic E-state index is 13.3. The van der Waals surface area contributed by atoms with E-state index in [-0.39, 0.29) is 17.5 Å². The summed E-state index contributed by atoms with van der Waals surface area (Å²) in [5.41, 5.74) is 4.20. The summed E-state index contributed by atoms with van der Waals surface area (Å²) in [4.78, 5) is 50.9. The van der Waals surface area contributed by atoms with Crippen LogP contribution in [0.3, 0.4) is 0 Å². The summed E-state index contributed by atoms with van der Waals surface area (Å²) in [5, 5.41) is 10.8. The summed E-state index contributed by atoms with van der Waals surface area (Å²) in [6, 6.07) is 30.3. The van der Waals surface area contributed by atoms with E-state index in [2.05, 4.69) is 21.3 Å². The van der Waals surface area contributed by atoms with Crippen molar-refractivity contribution in [3.05, 3.63) is 126 Å². The topological polar surface area (TPSA) is 116 Å². The van der Waals surface area contributed by atoms with Crippen molar-refractivity contribution in [1.29, 1.82) is 0 Å². The zero-order valence-electron chi connectivity index (χ0n) is 24.0. The third-order valence-corrected chi connectivity index (χ3v) is 7.30. The number of hydrogen-bond donors (Lipinski definition) is 4. The van der Waals surface area contributed by atoms with Crippen LogP contribution in [0.1, 0.15) is 35.3 Å². The molecule has 9 heteroatoms. The monoisotopic (exact) mass is 592 g/mol. The van der Waals surface area contributed by atoms with Gasteiger partial charge in [0.2, 0.25) is 11.8 Å². The van der Waals surface area contributed by atoms with Gasteiger partial charge in [-0.2, -0.15) is 0 Å². The summed E-state index contributed by atoms with van der Waals surface area (Å²) < 4.78 is 0. The highest BCUT2D eigenvalue weighted by atomic mass is 32.2. The predicted octanol–water partition coefficient (Wildman–Crippen LogP) is 6.48. The molecule has 0 bridgehead atoms. The van der Waals surface area contributed by atoms with Crippen LogP contribution in [0.25, 0.3) is 6.08 Å². The van der Waals surface area contributed by atoms with Crippen LogP contribution in [0, 0.1) is 6.92 Å². The Morgan fingerprint density at radius 3 is 1.86 bits per heavy atom. The average Bonchev–Trinajstić information content (AvgIpc) is 3.00. The van der Waals surface area contributed by atoms with Gasteiger partial charge in [-0.05, 0) is 86.2 Å². The SMILES string of the molecule is CC(=O)Nc1ccc(NC(=O)C(C)Sc2ccc(NC(=O)/C(=C/c3ccc(C)cc3)NC(=O)c3ccccc3)cc2)cc1. The molecule has 0 saturated heterocycles. The fourth-order valence-electron chi connectivity index (χ4n) is 3.93. The van der Waals surface area contributed by atoms with E-state index in [1.165, 1.54) is 18.7 Å². The molecule has 0 saturated carbocycles. The maximum Gasteiger partial charge on any atom is 0.272 e. The third-order valence-electron chi connectivity index (χ3n) is 6.18. The lowest BCUT2D eigenvalue weighted by Crippen LogP contribution is -2.30. The van der Waals surface area contributed by atoms with E-state index in [9.17, 15) is 19.2 Å². The molecular formula is C34H32N4O4S. The number of rotatable bonds is 10. The fraction of sp³-hybridized carbons (Fsp3) is 0.118. The molecule has 1 atom stereocenters. The van der Waals surface area contributed by atoms with Gasteiger partial charge in [-0.1, -0.05) is 48.0 Å². The second-order valence-corrected chi connectivity index (χ2v) is 11.2. The Bertz CT molecular complexity index is 1620. The maximum absolute atomic E-state index is 13.3. The van der Waals surface area contributed by atoms with Crippen molar-refractivity contribution in [2.75, 3.05) is 16.0 Å². The molecule has 0 aliphatic carbocycles. The van der Waals surface area contributed by atoms with Crippen LogP contribution in [0.4, 0.5) is 17.1 Å². The summed E-state index contributed by atoms with van der Waals surface area (Å²) in [6.45, 7) is 5.21. The lowest BCUT2D eigenvalue weighted by Gasteiger charge is -2.14. The molecule has 8 nitrogen and oxygen atoms in total. The normalized spacial score (nSPS) is 11.7. The van der Waals surface area contributed by atoms with E-state index in [1.807, 2.05) is 49.4 Å². The van der Waals surface area contributed by atoms with E-state index in [0.29, 0.717) is 22.6 Å². The Hall–Kier alpha value is -5.15. The molecule has 0 aromatic heterocycles. The number of carbonyl (C=O) groups is 4. The average molecular weight is 593 g/mol. The number of hydrogen-bond acceptors (Lipinski definition) is 5. The van der Waals surface area contributed by atoms with Crippen molar-refractivity contribution in [3.8, 4) is 0 Å². The smallest absolute Gasteiger partial charge is 0.272 e. The Balaban J connectivity index is 1.39. The van der Waals surface area contributed by atoms with Gasteiger partial charge in [0.15, 0.2) is 0 Å². The zero-order valence-corrected chi connectivity index (χ0v) is 24.8. The van der Waals surface area contributed by atoms with Crippen LogP contribution in [0.5, 0.6) is 0 Å². The number of anilines is 3. The molecule has 4 rings (SSSR count). The van der Waals surface area contributed by atoms with Crippen molar-refractivity contribution >= 4 is 58.5 Å². The van der Waals surface area contributed by atoms with Crippen molar-refractivity contribution in [2.24, 2.45) is 0 Å². The van der Waals surface area contributed by atoms with Crippen LogP contribution in [0.15, 0.2) is 114 Å². The Kier molecular flexibility index (Phi) is 10.5. The van der Waals surface area contributed by atoms with Crippen LogP contribution in [-0.4, -0.2) is 28.9 Å². The van der Waals surface area contributed by atoms with E-state index in [0.717, 1.165) is 16.0 Å². The summed E-state index contributed by atoms with van der Waals surface area (Å²) in [6.07, 6.45) is 1.63. The summed E-state index contributed by atoms with van der Waals surface area (Å²) in [7, 11) is 0. The Morgan fingerprint density at radius 1 is 0.698 bits per heavy atom. The number of benzene rings is 4. The second kappa shape index (κ2) is 14.7. The van der Waals surface area contributed by atoms with Gasteiger partial charge in [0, 0.05) is 34.4 Å². The van der Waals surface area contributed by atoms with Gasteiger partial charge in [0.25, 0.3) is 11.8 Å². The van der Waals surface area contributed by atoms with E-state index in [4.69, 9.17) is 0 Å². The van der Waals surface area contributed by atoms with Crippen molar-refractivity contribution in [3.63, 3.8) is 0 Å². The van der Waals surface area contributed by atoms with Crippen LogP contribution in [0.2, 0.25) is 0 Å². The number of thioether (sulfide) groups is 1. The number of amides is 4. The summed E-state index contributed by atoms with van der Waals surface area (Å²) >= 11 is 1.38. The van der Waals surface area contributed by atoms with Crippen LogP contribution in [-0.2, 0) is 14.4 Å². The lowest BCUT2D eigenvalue weighted by molar-refractivity contribution is -0.115. The predicted molar refractivity (Wildman–Crippen MR) is 173 cm³/mol. The minimum atomic E-state index is -0.470. The molecule has 1 unspecified atom stereocenters. The van der Waals surface area contributed by atoms with Gasteiger partial charge in [0.1, 0.15) is 5.70 Å². The van der Waals surface area contributed by atoms with Gasteiger partial charge in [-0.3, -0.25) is 19.2 Å². The van der Waals surface area contributed by atoms with E-state index >= 15 is 0 Å². The highest BCUT2D eigenvalue weighted by Gasteiger charge is 2.17. The summed E-state index contributed by atoms with van der Waals surface area (Å²) in [5.74, 6) is -1.20. The molecule has 218 valence electrons. The number of nitrogens with one attached hydrogen (secondary N) is 4. The van der Waals surface area contributed by atoms with Gasteiger partial charge in [-0.15, -0.1) is 11.8 Å². The first-order valence-electron chi connectivity index (χ1n) is 13.6. The molecule has 0 radical (unpaired) electrons. The van der Waals surface area contributed by atoms with Gasteiger partial charge in [0.05, 0.1) is 5.25 Å². The molecule has 43 heavy (non-hydrogen) atoms. The highest BCUT2D eigenvalue weighted by molar-refractivity contribution is 8.00. The van der Waals surface area contributed by atoms with Crippen molar-refractivity contribution < 1.29 is 19.2 Å². The second-order valence-electron chi connectivity index (χ2n) is 9.78. The zero-order chi connectivity index (χ0) is 30.8. The van der Waals surface area contributed by atoms with Gasteiger partial charge >= 0.3 is 0 Å². The molecule has 0 fully saturated rings.